The van der Waals surface area contributed by atoms with E-state index in [1.54, 1.807) is 12.1 Å². The lowest BCUT2D eigenvalue weighted by molar-refractivity contribution is -0.697. The summed E-state index contributed by atoms with van der Waals surface area (Å²) in [6, 6.07) is 3.44. The highest BCUT2D eigenvalue weighted by Gasteiger charge is 2.00. The Morgan fingerprint density at radius 1 is 1.00 bits per heavy atom. The minimum atomic E-state index is -0.612. The molecule has 0 fully saturated rings. The highest BCUT2D eigenvalue weighted by atomic mass is 79.9. The second kappa shape index (κ2) is 11.9. The molecule has 0 aliphatic carbocycles. The van der Waals surface area contributed by atoms with Crippen LogP contribution in [0.4, 0.5) is 0 Å². The number of rotatable bonds is 10. The van der Waals surface area contributed by atoms with Crippen LogP contribution in [0, 0.1) is 5.41 Å². The van der Waals surface area contributed by atoms with Crippen LogP contribution < -0.4 is 9.67 Å². The molecule has 0 bridgehead atoms. The normalized spacial score (nSPS) is 10.1. The number of pyridine rings is 1. The fourth-order valence-electron chi connectivity index (χ4n) is 2.19. The van der Waals surface area contributed by atoms with Crippen molar-refractivity contribution in [2.75, 3.05) is 0 Å². The molecule has 0 spiro atoms. The van der Waals surface area contributed by atoms with E-state index in [9.17, 15) is 5.11 Å². The Bertz CT molecular complexity index is 365. The first kappa shape index (κ1) is 19.1. The molecule has 0 saturated heterocycles. The van der Waals surface area contributed by atoms with Gasteiger partial charge < -0.3 is 10.5 Å². The van der Waals surface area contributed by atoms with Crippen molar-refractivity contribution in [2.24, 2.45) is 0 Å². The Labute approximate surface area is 133 Å². The molecule has 114 valence electrons. The fourth-order valence-corrected chi connectivity index (χ4v) is 2.19. The van der Waals surface area contributed by atoms with Crippen molar-refractivity contribution in [3.05, 3.63) is 30.1 Å². The molecule has 0 aliphatic rings. The summed E-state index contributed by atoms with van der Waals surface area (Å²) in [6.45, 7) is 3.25. The summed E-state index contributed by atoms with van der Waals surface area (Å²) >= 11 is 0. The first-order chi connectivity index (χ1) is 9.24. The minimum Gasteiger partial charge on any atom is -0.859 e. The molecule has 0 unspecified atom stereocenters. The summed E-state index contributed by atoms with van der Waals surface area (Å²) in [5.74, 6) is -0.612. The Morgan fingerprint density at radius 3 is 2.00 bits per heavy atom. The first-order valence-electron chi connectivity index (χ1n) is 7.49. The summed E-state index contributed by atoms with van der Waals surface area (Å²) in [7, 11) is 0. The summed E-state index contributed by atoms with van der Waals surface area (Å²) in [4.78, 5) is 0. The Morgan fingerprint density at radius 2 is 1.50 bits per heavy atom. The van der Waals surface area contributed by atoms with Gasteiger partial charge in [0.25, 0.3) is 0 Å². The zero-order chi connectivity index (χ0) is 13.9. The maximum atomic E-state index is 10.8. The van der Waals surface area contributed by atoms with E-state index in [2.05, 4.69) is 11.5 Å². The van der Waals surface area contributed by atoms with Gasteiger partial charge >= 0.3 is 0 Å². The van der Waals surface area contributed by atoms with Gasteiger partial charge in [0.1, 0.15) is 6.54 Å². The molecule has 1 aromatic heterocycles. The van der Waals surface area contributed by atoms with Gasteiger partial charge in [0.05, 0.1) is 0 Å². The molecule has 0 saturated carbocycles. The SMILES string of the molecule is Br.CCCCCCCCCC[n+]1ccc(C(=N)[O-])cc1. The second-order valence-corrected chi connectivity index (χ2v) is 5.13. The third-order valence-electron chi connectivity index (χ3n) is 3.42. The van der Waals surface area contributed by atoms with Crippen LogP contribution in [0.2, 0.25) is 0 Å². The summed E-state index contributed by atoms with van der Waals surface area (Å²) in [5, 5.41) is 17.8. The molecule has 0 amide bonds. The van der Waals surface area contributed by atoms with Crippen LogP contribution in [-0.4, -0.2) is 5.90 Å². The zero-order valence-corrected chi connectivity index (χ0v) is 14.2. The van der Waals surface area contributed by atoms with Crippen molar-refractivity contribution in [1.29, 1.82) is 5.41 Å². The van der Waals surface area contributed by atoms with Crippen molar-refractivity contribution in [3.63, 3.8) is 0 Å². The number of aromatic nitrogens is 1. The third kappa shape index (κ3) is 8.31. The van der Waals surface area contributed by atoms with E-state index in [0.29, 0.717) is 5.56 Å². The average Bonchev–Trinajstić information content (AvgIpc) is 2.42. The van der Waals surface area contributed by atoms with Crippen LogP contribution in [0.25, 0.3) is 0 Å². The summed E-state index contributed by atoms with van der Waals surface area (Å²) in [6.07, 6.45) is 14.4. The number of aryl methyl sites for hydroxylation is 1. The van der Waals surface area contributed by atoms with E-state index in [1.807, 2.05) is 12.4 Å². The molecule has 1 N–H and O–H groups in total. The highest BCUT2D eigenvalue weighted by molar-refractivity contribution is 8.93. The number of hydrogen-bond acceptors (Lipinski definition) is 2. The number of halogens is 1. The molecular formula is C16H27BrN2O. The monoisotopic (exact) mass is 342 g/mol. The fraction of sp³-hybridized carbons (Fsp3) is 0.625. The van der Waals surface area contributed by atoms with Crippen LogP contribution in [0.15, 0.2) is 24.5 Å². The van der Waals surface area contributed by atoms with E-state index < -0.39 is 5.90 Å². The lowest BCUT2D eigenvalue weighted by Gasteiger charge is -2.05. The van der Waals surface area contributed by atoms with Gasteiger partial charge in [-0.05, 0) is 17.9 Å². The van der Waals surface area contributed by atoms with Crippen molar-refractivity contribution in [3.8, 4) is 0 Å². The predicted octanol–water partition coefficient (Wildman–Crippen LogP) is 3.38. The highest BCUT2D eigenvalue weighted by Crippen LogP contribution is 2.08. The first-order valence-corrected chi connectivity index (χ1v) is 7.49. The van der Waals surface area contributed by atoms with Crippen LogP contribution in [0.1, 0.15) is 63.9 Å². The Balaban J connectivity index is 0.00000361. The van der Waals surface area contributed by atoms with Gasteiger partial charge in [0, 0.05) is 18.6 Å². The lowest BCUT2D eigenvalue weighted by Crippen LogP contribution is -2.33. The molecule has 0 aliphatic heterocycles. The van der Waals surface area contributed by atoms with Gasteiger partial charge in [-0.15, -0.1) is 17.0 Å². The molecule has 0 radical (unpaired) electrons. The van der Waals surface area contributed by atoms with Gasteiger partial charge in [-0.2, -0.15) is 0 Å². The van der Waals surface area contributed by atoms with Gasteiger partial charge in [-0.3, -0.25) is 0 Å². The van der Waals surface area contributed by atoms with Crippen LogP contribution in [0.3, 0.4) is 0 Å². The molecule has 1 heterocycles. The zero-order valence-electron chi connectivity index (χ0n) is 12.4. The molecule has 1 aromatic rings. The number of nitrogens with zero attached hydrogens (tertiary/aromatic N) is 1. The number of nitrogens with one attached hydrogen (secondary N) is 1. The average molecular weight is 343 g/mol. The topological polar surface area (TPSA) is 50.8 Å². The third-order valence-corrected chi connectivity index (χ3v) is 3.42. The molecule has 0 aromatic carbocycles. The maximum Gasteiger partial charge on any atom is 0.169 e. The van der Waals surface area contributed by atoms with Crippen LogP contribution >= 0.6 is 17.0 Å². The lowest BCUT2D eigenvalue weighted by atomic mass is 10.1. The van der Waals surface area contributed by atoms with Gasteiger partial charge in [-0.25, -0.2) is 4.57 Å². The predicted molar refractivity (Wildman–Crippen MR) is 86.4 cm³/mol. The van der Waals surface area contributed by atoms with E-state index >= 15 is 0 Å². The molecule has 4 heteroatoms. The molecule has 3 nitrogen and oxygen atoms in total. The van der Waals surface area contributed by atoms with Gasteiger partial charge in [-0.1, -0.05) is 45.4 Å². The minimum absolute atomic E-state index is 0. The second-order valence-electron chi connectivity index (χ2n) is 5.13. The van der Waals surface area contributed by atoms with Crippen molar-refractivity contribution < 1.29 is 9.67 Å². The van der Waals surface area contributed by atoms with E-state index in [0.717, 1.165) is 6.54 Å². The summed E-state index contributed by atoms with van der Waals surface area (Å²) in [5.41, 5.74) is 0.465. The standard InChI is InChI=1S/C16H26N2O.BrH/c1-2-3-4-5-6-7-8-9-12-18-13-10-15(11-14-18)16(17)19;/h10-11,13-14H,2-9,12H2,1H3,(H-,17,19);1H. The quantitative estimate of drug-likeness (QED) is 0.301. The van der Waals surface area contributed by atoms with E-state index in [4.69, 9.17) is 5.41 Å². The molecule has 0 atom stereocenters. The van der Waals surface area contributed by atoms with Crippen LogP contribution in [0.5, 0.6) is 0 Å². The Kier molecular flexibility index (Phi) is 11.4. The van der Waals surface area contributed by atoms with Crippen molar-refractivity contribution in [1.82, 2.24) is 0 Å². The van der Waals surface area contributed by atoms with Crippen molar-refractivity contribution >= 4 is 22.9 Å². The van der Waals surface area contributed by atoms with E-state index in [1.165, 1.54) is 51.4 Å². The van der Waals surface area contributed by atoms with Crippen LogP contribution in [-0.2, 0) is 6.54 Å². The summed E-state index contributed by atoms with van der Waals surface area (Å²) < 4.78 is 2.09. The van der Waals surface area contributed by atoms with Gasteiger partial charge in [0.2, 0.25) is 0 Å². The maximum absolute atomic E-state index is 10.8. The molecular weight excluding hydrogens is 316 g/mol. The smallest absolute Gasteiger partial charge is 0.169 e. The van der Waals surface area contributed by atoms with Crippen molar-refractivity contribution in [2.45, 2.75) is 64.8 Å². The Hall–Kier alpha value is -0.900. The molecule has 20 heavy (non-hydrogen) atoms. The molecule has 1 rings (SSSR count). The van der Waals surface area contributed by atoms with Gasteiger partial charge in [0.15, 0.2) is 12.4 Å². The largest absolute Gasteiger partial charge is 0.859 e. The number of unbranched alkanes of at least 4 members (excludes halogenated alkanes) is 7. The van der Waals surface area contributed by atoms with E-state index in [-0.39, 0.29) is 17.0 Å². The number of hydrogen-bond donors (Lipinski definition) is 1.